The zero-order valence-corrected chi connectivity index (χ0v) is 33.4. The molecule has 4 aliphatic rings. The molecule has 4 aliphatic heterocycles. The number of urea groups is 1. The molecule has 58 heavy (non-hydrogen) atoms. The van der Waals surface area contributed by atoms with Gasteiger partial charge in [0.2, 0.25) is 5.91 Å². The van der Waals surface area contributed by atoms with E-state index in [9.17, 15) is 29.1 Å². The zero-order valence-electron chi connectivity index (χ0n) is 33.4. The molecule has 15 heteroatoms. The molecule has 308 valence electrons. The number of para-hydroxylation sites is 1. The molecule has 1 aromatic heterocycles. The number of piperazine rings is 1. The minimum absolute atomic E-state index is 0.0306. The molecule has 0 spiro atoms. The number of anilines is 2. The summed E-state index contributed by atoms with van der Waals surface area (Å²) in [6, 6.07) is 14.7. The fourth-order valence-corrected chi connectivity index (χ4v) is 8.33. The lowest BCUT2D eigenvalue weighted by molar-refractivity contribution is -0.141. The average Bonchev–Trinajstić information content (AvgIpc) is 3.41. The number of carbonyl (C=O) groups excluding carboxylic acids is 5. The first-order valence-electron chi connectivity index (χ1n) is 20.4. The number of benzene rings is 2. The van der Waals surface area contributed by atoms with E-state index in [1.54, 1.807) is 40.7 Å². The molecule has 0 saturated carbocycles. The maximum Gasteiger partial charge on any atom is 0.410 e. The van der Waals surface area contributed by atoms with Crippen LogP contribution in [0.5, 0.6) is 5.75 Å². The molecule has 15 nitrogen and oxygen atoms in total. The number of likely N-dealkylation sites (tertiary alicyclic amines) is 2. The Hall–Kier alpha value is -5.86. The average molecular weight is 796 g/mol. The highest BCUT2D eigenvalue weighted by Gasteiger charge is 2.36. The van der Waals surface area contributed by atoms with E-state index in [0.717, 1.165) is 36.1 Å². The molecule has 1 atom stereocenters. The molecule has 0 radical (unpaired) electrons. The summed E-state index contributed by atoms with van der Waals surface area (Å²) < 4.78 is 11.5. The molecule has 3 saturated heterocycles. The van der Waals surface area contributed by atoms with Crippen LogP contribution in [-0.2, 0) is 31.9 Å². The van der Waals surface area contributed by atoms with Crippen molar-refractivity contribution in [3.8, 4) is 5.75 Å². The van der Waals surface area contributed by atoms with Crippen LogP contribution in [0.2, 0.25) is 0 Å². The number of carbonyl (C=O) groups is 5. The molecule has 0 bridgehead atoms. The molecule has 3 aromatic rings. The summed E-state index contributed by atoms with van der Waals surface area (Å²) in [4.78, 5) is 79.2. The van der Waals surface area contributed by atoms with Gasteiger partial charge in [-0.15, -0.1) is 0 Å². The third-order valence-corrected chi connectivity index (χ3v) is 11.7. The number of amides is 5. The van der Waals surface area contributed by atoms with Crippen LogP contribution in [0.15, 0.2) is 54.7 Å². The van der Waals surface area contributed by atoms with Crippen molar-refractivity contribution in [2.24, 2.45) is 0 Å². The van der Waals surface area contributed by atoms with Gasteiger partial charge >= 0.3 is 18.1 Å². The molecular weight excluding hydrogens is 743 g/mol. The van der Waals surface area contributed by atoms with Crippen molar-refractivity contribution in [3.05, 3.63) is 82.5 Å². The topological polar surface area (TPSA) is 165 Å². The predicted octanol–water partition coefficient (Wildman–Crippen LogP) is 4.52. The Balaban J connectivity index is 0.937. The summed E-state index contributed by atoms with van der Waals surface area (Å²) in [5, 5.41) is 13.4. The number of aryl methyl sites for hydroxylation is 2. The lowest BCUT2D eigenvalue weighted by Crippen LogP contribution is -2.54. The quantitative estimate of drug-likeness (QED) is 0.279. The fourth-order valence-electron chi connectivity index (χ4n) is 8.33. The summed E-state index contributed by atoms with van der Waals surface area (Å²) in [6.07, 6.45) is 4.27. The number of nitrogens with one attached hydrogen (secondary N) is 1. The molecule has 2 aromatic carbocycles. The molecule has 0 unspecified atom stereocenters. The summed E-state index contributed by atoms with van der Waals surface area (Å²) in [5.41, 5.74) is 4.35. The zero-order chi connectivity index (χ0) is 40.8. The van der Waals surface area contributed by atoms with E-state index < -0.39 is 18.2 Å². The van der Waals surface area contributed by atoms with Crippen LogP contribution in [0, 0.1) is 13.8 Å². The third kappa shape index (κ3) is 9.46. The SMILES string of the molecule is Cc1cc(C[C@@H](OC(=O)N2CCC(N3CCc4ccccc4NC3=O)CC2)C(=O)N2CCN(c3ccc(C(=O)OCCN4CCCCC4=O)cn3)CC2)cc(C)c1O. The van der Waals surface area contributed by atoms with E-state index in [4.69, 9.17) is 9.47 Å². The Morgan fingerprint density at radius 1 is 0.879 bits per heavy atom. The Morgan fingerprint density at radius 2 is 1.62 bits per heavy atom. The highest BCUT2D eigenvalue weighted by atomic mass is 16.6. The Labute approximate surface area is 338 Å². The number of phenolic OH excluding ortho intramolecular Hbond substituents is 1. The molecule has 5 amide bonds. The number of ether oxygens (including phenoxy) is 2. The van der Waals surface area contributed by atoms with Gasteiger partial charge in [0.05, 0.1) is 12.1 Å². The summed E-state index contributed by atoms with van der Waals surface area (Å²) in [6.45, 7) is 7.85. The van der Waals surface area contributed by atoms with E-state index in [-0.39, 0.29) is 42.7 Å². The van der Waals surface area contributed by atoms with Crippen LogP contribution in [0.3, 0.4) is 0 Å². The van der Waals surface area contributed by atoms with Gasteiger partial charge in [0.25, 0.3) is 5.91 Å². The van der Waals surface area contributed by atoms with Crippen LogP contribution < -0.4 is 10.2 Å². The van der Waals surface area contributed by atoms with Crippen LogP contribution in [0.1, 0.15) is 64.7 Å². The number of aromatic hydroxyl groups is 1. The monoisotopic (exact) mass is 795 g/mol. The van der Waals surface area contributed by atoms with Gasteiger partial charge in [-0.1, -0.05) is 30.3 Å². The van der Waals surface area contributed by atoms with E-state index in [1.807, 2.05) is 46.2 Å². The second-order valence-electron chi connectivity index (χ2n) is 15.6. The second kappa shape index (κ2) is 18.2. The summed E-state index contributed by atoms with van der Waals surface area (Å²) in [7, 11) is 0. The van der Waals surface area contributed by atoms with Crippen molar-refractivity contribution in [2.45, 2.75) is 70.9 Å². The first-order chi connectivity index (χ1) is 28.0. The molecule has 2 N–H and O–H groups in total. The summed E-state index contributed by atoms with van der Waals surface area (Å²) >= 11 is 0. The van der Waals surface area contributed by atoms with Gasteiger partial charge in [-0.25, -0.2) is 19.4 Å². The standard InChI is InChI=1S/C43H53N7O8/c1-29-25-31(26-30(2)39(29)52)27-36(58-43(56)49-16-13-34(14-17-49)50-18-12-32-7-3-4-8-35(32)45-42(50)55)40(53)48-21-19-46(20-22-48)37-11-10-33(28-44-37)41(54)57-24-23-47-15-6-5-9-38(47)51/h3-4,7-8,10-11,25-26,28,34,36,52H,5-6,9,12-24,27H2,1-2H3,(H,45,55)/t36-/m1/s1. The van der Waals surface area contributed by atoms with Crippen LogP contribution in [0.25, 0.3) is 0 Å². The lowest BCUT2D eigenvalue weighted by Gasteiger charge is -2.39. The van der Waals surface area contributed by atoms with Gasteiger partial charge in [0, 0.05) is 83.1 Å². The van der Waals surface area contributed by atoms with Crippen molar-refractivity contribution in [1.82, 2.24) is 24.6 Å². The lowest BCUT2D eigenvalue weighted by atomic mass is 10.0. The number of hydrogen-bond donors (Lipinski definition) is 2. The maximum atomic E-state index is 14.2. The van der Waals surface area contributed by atoms with Gasteiger partial charge in [-0.3, -0.25) is 9.59 Å². The van der Waals surface area contributed by atoms with Gasteiger partial charge in [-0.2, -0.15) is 0 Å². The van der Waals surface area contributed by atoms with Crippen molar-refractivity contribution in [1.29, 1.82) is 0 Å². The molecule has 3 fully saturated rings. The van der Waals surface area contributed by atoms with Crippen LogP contribution >= 0.6 is 0 Å². The molecule has 7 rings (SSSR count). The number of aromatic nitrogens is 1. The van der Waals surface area contributed by atoms with E-state index in [1.165, 1.54) is 6.20 Å². The highest BCUT2D eigenvalue weighted by Crippen LogP contribution is 2.27. The number of piperidine rings is 2. The molecule has 5 heterocycles. The van der Waals surface area contributed by atoms with Gasteiger partial charge in [0.15, 0.2) is 6.10 Å². The largest absolute Gasteiger partial charge is 0.507 e. The highest BCUT2D eigenvalue weighted by molar-refractivity contribution is 5.91. The Morgan fingerprint density at radius 3 is 2.33 bits per heavy atom. The fraction of sp³-hybridized carbons (Fsp3) is 0.488. The second-order valence-corrected chi connectivity index (χ2v) is 15.6. The maximum absolute atomic E-state index is 14.2. The Bertz CT molecular complexity index is 1970. The Kier molecular flexibility index (Phi) is 12.6. The van der Waals surface area contributed by atoms with Crippen LogP contribution in [0.4, 0.5) is 21.1 Å². The van der Waals surface area contributed by atoms with Crippen molar-refractivity contribution in [3.63, 3.8) is 0 Å². The number of phenols is 1. The minimum atomic E-state index is -1.09. The van der Waals surface area contributed by atoms with E-state index in [0.29, 0.717) is 101 Å². The summed E-state index contributed by atoms with van der Waals surface area (Å²) in [5.74, 6) is 0.137. The number of rotatable bonds is 10. The molecule has 0 aliphatic carbocycles. The minimum Gasteiger partial charge on any atom is -0.507 e. The van der Waals surface area contributed by atoms with Crippen molar-refractivity contribution in [2.75, 3.05) is 75.7 Å². The number of nitrogens with zero attached hydrogens (tertiary/aromatic N) is 6. The van der Waals surface area contributed by atoms with Gasteiger partial charge in [-0.05, 0) is 86.4 Å². The van der Waals surface area contributed by atoms with E-state index >= 15 is 0 Å². The van der Waals surface area contributed by atoms with Crippen molar-refractivity contribution < 1.29 is 38.6 Å². The first-order valence-corrected chi connectivity index (χ1v) is 20.4. The first kappa shape index (κ1) is 40.3. The van der Waals surface area contributed by atoms with Crippen LogP contribution in [-0.4, -0.2) is 137 Å². The number of hydrogen-bond acceptors (Lipinski definition) is 10. The van der Waals surface area contributed by atoms with Gasteiger partial charge in [0.1, 0.15) is 18.2 Å². The van der Waals surface area contributed by atoms with E-state index in [2.05, 4.69) is 10.3 Å². The normalized spacial score (nSPS) is 18.3. The number of esters is 1. The number of pyridine rings is 1. The molecular formula is C43H53N7O8. The van der Waals surface area contributed by atoms with Crippen molar-refractivity contribution >= 4 is 41.4 Å². The van der Waals surface area contributed by atoms with Gasteiger partial charge < -0.3 is 44.4 Å². The number of fused-ring (bicyclic) bond motifs is 1. The smallest absolute Gasteiger partial charge is 0.410 e. The third-order valence-electron chi connectivity index (χ3n) is 11.7. The predicted molar refractivity (Wildman–Crippen MR) is 216 cm³/mol.